The molecule has 0 unspecified atom stereocenters. The minimum atomic E-state index is -0.584. The number of carbonyl (C=O) groups is 2. The molecule has 1 aromatic carbocycles. The molecule has 11 nitrogen and oxygen atoms in total. The fraction of sp³-hybridized carbons (Fsp3) is 0.529. The molecule has 2 bridgehead atoms. The van der Waals surface area contributed by atoms with Crippen molar-refractivity contribution < 1.29 is 19.1 Å². The fourth-order valence-electron chi connectivity index (χ4n) is 7.21. The van der Waals surface area contributed by atoms with Crippen molar-refractivity contribution in [2.45, 2.75) is 96.1 Å². The van der Waals surface area contributed by atoms with Gasteiger partial charge in [0.2, 0.25) is 0 Å². The van der Waals surface area contributed by atoms with Crippen molar-refractivity contribution in [2.75, 3.05) is 7.11 Å². The molecule has 4 atom stereocenters. The summed E-state index contributed by atoms with van der Waals surface area (Å²) in [6, 6.07) is 9.61. The lowest BCUT2D eigenvalue weighted by molar-refractivity contribution is 0.0484. The Labute approximate surface area is 263 Å². The molecule has 3 N–H and O–H groups in total. The molecule has 238 valence electrons. The van der Waals surface area contributed by atoms with Gasteiger partial charge in [0.15, 0.2) is 5.82 Å². The van der Waals surface area contributed by atoms with Crippen LogP contribution < -0.4 is 15.8 Å². The number of carbonyl (C=O) groups excluding carboxylic acids is 2. The lowest BCUT2D eigenvalue weighted by Gasteiger charge is -2.27. The first-order chi connectivity index (χ1) is 21.4. The van der Waals surface area contributed by atoms with Crippen molar-refractivity contribution >= 4 is 34.1 Å². The summed E-state index contributed by atoms with van der Waals surface area (Å²) in [6.45, 7) is 8.35. The topological polar surface area (TPSA) is 130 Å². The first-order valence-corrected chi connectivity index (χ1v) is 16.0. The van der Waals surface area contributed by atoms with Crippen LogP contribution in [0.1, 0.15) is 81.9 Å². The van der Waals surface area contributed by atoms with E-state index in [9.17, 15) is 9.59 Å². The number of fused-ring (bicyclic) bond motifs is 4. The highest BCUT2D eigenvalue weighted by molar-refractivity contribution is 6.01. The lowest BCUT2D eigenvalue weighted by atomic mass is 9.96. The van der Waals surface area contributed by atoms with E-state index in [2.05, 4.69) is 22.0 Å². The summed E-state index contributed by atoms with van der Waals surface area (Å²) in [7, 11) is 3.61. The van der Waals surface area contributed by atoms with Crippen LogP contribution in [-0.4, -0.2) is 66.8 Å². The number of benzene rings is 1. The van der Waals surface area contributed by atoms with Crippen LogP contribution in [0.3, 0.4) is 0 Å². The van der Waals surface area contributed by atoms with Gasteiger partial charge in [-0.05, 0) is 96.0 Å². The minimum Gasteiger partial charge on any atom is -0.494 e. The summed E-state index contributed by atoms with van der Waals surface area (Å²) in [5.41, 5.74) is 10.4. The fourth-order valence-corrected chi connectivity index (χ4v) is 7.21. The molecule has 0 spiro atoms. The number of nitrogens with two attached hydrogens (primary N) is 1. The average Bonchev–Trinajstić information content (AvgIpc) is 3.29. The Hall–Kier alpha value is -4.12. The third-order valence-corrected chi connectivity index (χ3v) is 9.47. The number of rotatable bonds is 7. The number of pyridine rings is 1. The number of hydrogen-bond donors (Lipinski definition) is 2. The van der Waals surface area contributed by atoms with E-state index in [1.807, 2.05) is 62.4 Å². The van der Waals surface area contributed by atoms with E-state index in [4.69, 9.17) is 25.2 Å². The van der Waals surface area contributed by atoms with Gasteiger partial charge in [-0.15, -0.1) is 0 Å². The molecule has 2 aliphatic heterocycles. The van der Waals surface area contributed by atoms with Gasteiger partial charge < -0.3 is 34.6 Å². The number of nitrogens with zero attached hydrogens (tertiary/aromatic N) is 5. The normalized spacial score (nSPS) is 21.9. The van der Waals surface area contributed by atoms with Crippen molar-refractivity contribution in [3.05, 3.63) is 41.6 Å². The quantitative estimate of drug-likeness (QED) is 0.289. The summed E-state index contributed by atoms with van der Waals surface area (Å²) < 4.78 is 15.7. The van der Waals surface area contributed by atoms with Crippen LogP contribution in [0.2, 0.25) is 0 Å². The van der Waals surface area contributed by atoms with Crippen LogP contribution in [0.15, 0.2) is 30.3 Å². The zero-order valence-corrected chi connectivity index (χ0v) is 27.0. The van der Waals surface area contributed by atoms with E-state index < -0.39 is 11.7 Å². The SMILES string of the molecule is COc1cc(C(=O)N2[C@H]3CC[C@@H]2[C@H](NC(=O)OC(C)(C)C)C3)cc2nc(-c3cc4ccc([C@@H](C)N)nc4n3CC3CC3)n(C)c12. The highest BCUT2D eigenvalue weighted by Crippen LogP contribution is 2.41. The summed E-state index contributed by atoms with van der Waals surface area (Å²) in [5, 5.41) is 4.06. The van der Waals surface area contributed by atoms with Crippen LogP contribution in [-0.2, 0) is 18.3 Å². The van der Waals surface area contributed by atoms with Crippen LogP contribution in [0, 0.1) is 5.92 Å². The molecule has 3 aromatic heterocycles. The van der Waals surface area contributed by atoms with Gasteiger partial charge in [0.1, 0.15) is 22.5 Å². The maximum atomic E-state index is 14.1. The lowest BCUT2D eigenvalue weighted by Crippen LogP contribution is -2.46. The van der Waals surface area contributed by atoms with E-state index >= 15 is 0 Å². The van der Waals surface area contributed by atoms with Crippen LogP contribution >= 0.6 is 0 Å². The van der Waals surface area contributed by atoms with Gasteiger partial charge in [-0.2, -0.15) is 0 Å². The molecule has 3 aliphatic rings. The Morgan fingerprint density at radius 3 is 2.58 bits per heavy atom. The number of ether oxygens (including phenoxy) is 2. The Balaban J connectivity index is 1.24. The van der Waals surface area contributed by atoms with E-state index in [-0.39, 0.29) is 30.1 Å². The first-order valence-electron chi connectivity index (χ1n) is 16.0. The molecule has 4 aromatic rings. The van der Waals surface area contributed by atoms with Crippen molar-refractivity contribution in [1.29, 1.82) is 0 Å². The molecule has 7 rings (SSSR count). The smallest absolute Gasteiger partial charge is 0.407 e. The number of aromatic nitrogens is 4. The third-order valence-electron chi connectivity index (χ3n) is 9.47. The standard InChI is InChI=1S/C34H43N7O4/c1-18(35)23-11-9-20-14-27(40(30(20)36-23)17-19-7-8-19)31-37-25-13-21(15-28(44-6)29(25)39(31)5)32(42)41-22-10-12-26(41)24(16-22)38-33(43)45-34(2,3)4/h9,11,13-15,18-19,22,24,26H,7-8,10,12,16-17,35H2,1-6H3,(H,38,43)/t18-,22+,24-,26-/m1/s1. The van der Waals surface area contributed by atoms with Gasteiger partial charge in [-0.3, -0.25) is 4.79 Å². The molecule has 0 radical (unpaired) electrons. The summed E-state index contributed by atoms with van der Waals surface area (Å²) >= 11 is 0. The molecular formula is C34H43N7O4. The molecule has 1 aliphatic carbocycles. The van der Waals surface area contributed by atoms with Gasteiger partial charge >= 0.3 is 6.09 Å². The molecule has 3 fully saturated rings. The number of methoxy groups -OCH3 is 1. The minimum absolute atomic E-state index is 0.0650. The van der Waals surface area contributed by atoms with Crippen molar-refractivity contribution in [3.8, 4) is 17.3 Å². The maximum absolute atomic E-state index is 14.1. The molecule has 2 amide bonds. The number of amides is 2. The number of nitrogens with one attached hydrogen (secondary N) is 1. The van der Waals surface area contributed by atoms with E-state index in [1.54, 1.807) is 7.11 Å². The highest BCUT2D eigenvalue weighted by Gasteiger charge is 2.49. The summed E-state index contributed by atoms with van der Waals surface area (Å²) in [4.78, 5) is 38.6. The largest absolute Gasteiger partial charge is 0.494 e. The van der Waals surface area contributed by atoms with E-state index in [1.165, 1.54) is 12.8 Å². The zero-order valence-electron chi connectivity index (χ0n) is 27.0. The highest BCUT2D eigenvalue weighted by atomic mass is 16.6. The van der Waals surface area contributed by atoms with Gasteiger partial charge in [0.05, 0.1) is 36.1 Å². The maximum Gasteiger partial charge on any atom is 0.407 e. The van der Waals surface area contributed by atoms with Gasteiger partial charge in [-0.1, -0.05) is 0 Å². The first kappa shape index (κ1) is 29.6. The average molecular weight is 614 g/mol. The second-order valence-electron chi connectivity index (χ2n) is 14.1. The molecule has 1 saturated carbocycles. The van der Waals surface area contributed by atoms with Crippen LogP contribution in [0.4, 0.5) is 4.79 Å². The molecule has 11 heteroatoms. The Kier molecular flexibility index (Phi) is 7.07. The number of alkyl carbamates (subject to hydrolysis) is 1. The second-order valence-corrected chi connectivity index (χ2v) is 14.1. The Bertz CT molecular complexity index is 1810. The van der Waals surface area contributed by atoms with Gasteiger partial charge in [-0.25, -0.2) is 14.8 Å². The Morgan fingerprint density at radius 1 is 1.11 bits per heavy atom. The predicted octanol–water partition coefficient (Wildman–Crippen LogP) is 5.30. The predicted molar refractivity (Wildman–Crippen MR) is 172 cm³/mol. The molecule has 2 saturated heterocycles. The molecule has 45 heavy (non-hydrogen) atoms. The summed E-state index contributed by atoms with van der Waals surface area (Å²) in [6.07, 6.45) is 4.45. The molecular weight excluding hydrogens is 570 g/mol. The Morgan fingerprint density at radius 2 is 1.89 bits per heavy atom. The van der Waals surface area contributed by atoms with Crippen LogP contribution in [0.25, 0.3) is 33.6 Å². The van der Waals surface area contributed by atoms with Crippen molar-refractivity contribution in [2.24, 2.45) is 18.7 Å². The number of imidazole rings is 1. The van der Waals surface area contributed by atoms with Crippen molar-refractivity contribution in [3.63, 3.8) is 0 Å². The van der Waals surface area contributed by atoms with Gasteiger partial charge in [0, 0.05) is 36.6 Å². The van der Waals surface area contributed by atoms with Gasteiger partial charge in [0.25, 0.3) is 5.91 Å². The zero-order chi connectivity index (χ0) is 31.8. The monoisotopic (exact) mass is 613 g/mol. The van der Waals surface area contributed by atoms with E-state index in [0.717, 1.165) is 53.1 Å². The second kappa shape index (κ2) is 10.8. The van der Waals surface area contributed by atoms with E-state index in [0.29, 0.717) is 29.2 Å². The summed E-state index contributed by atoms with van der Waals surface area (Å²) in [5.74, 6) is 1.93. The molecule has 5 heterocycles. The van der Waals surface area contributed by atoms with Crippen molar-refractivity contribution in [1.82, 2.24) is 29.3 Å². The number of hydrogen-bond acceptors (Lipinski definition) is 7. The van der Waals surface area contributed by atoms with Crippen LogP contribution in [0.5, 0.6) is 5.75 Å². The number of aryl methyl sites for hydroxylation is 1. The third kappa shape index (κ3) is 5.30.